The van der Waals surface area contributed by atoms with Gasteiger partial charge in [-0.25, -0.2) is 0 Å². The van der Waals surface area contributed by atoms with Gasteiger partial charge in [-0.15, -0.1) is 6.58 Å². The number of pyridine rings is 1. The molecule has 5 heteroatoms. The first-order valence-electron chi connectivity index (χ1n) is 5.09. The molecule has 0 saturated carbocycles. The molecule has 1 N–H and O–H groups in total. The predicted octanol–water partition coefficient (Wildman–Crippen LogP) is 1.10. The van der Waals surface area contributed by atoms with Crippen molar-refractivity contribution >= 4 is 11.9 Å². The fourth-order valence-electron chi connectivity index (χ4n) is 1.40. The lowest BCUT2D eigenvalue weighted by atomic mass is 10.2. The molecule has 0 aliphatic rings. The summed E-state index contributed by atoms with van der Waals surface area (Å²) in [6.07, 6.45) is 3.02. The van der Waals surface area contributed by atoms with Gasteiger partial charge in [0.1, 0.15) is 6.54 Å². The third-order valence-electron chi connectivity index (χ3n) is 2.11. The molecule has 1 amide bonds. The number of carbonyl (C=O) groups is 2. The van der Waals surface area contributed by atoms with Crippen LogP contribution in [0.4, 0.5) is 0 Å². The molecule has 0 spiro atoms. The van der Waals surface area contributed by atoms with Crippen molar-refractivity contribution < 1.29 is 14.7 Å². The summed E-state index contributed by atoms with van der Waals surface area (Å²) in [5.74, 6) is -1.39. The van der Waals surface area contributed by atoms with Crippen molar-refractivity contribution in [1.29, 1.82) is 0 Å². The molecule has 0 fully saturated rings. The predicted molar refractivity (Wildman–Crippen MR) is 62.7 cm³/mol. The van der Waals surface area contributed by atoms with Gasteiger partial charge < -0.3 is 10.0 Å². The highest BCUT2D eigenvalue weighted by molar-refractivity contribution is 5.95. The Morgan fingerprint density at radius 3 is 2.82 bits per heavy atom. The van der Waals surface area contributed by atoms with Crippen molar-refractivity contribution in [2.75, 3.05) is 13.1 Å². The summed E-state index contributed by atoms with van der Waals surface area (Å²) in [6.45, 7) is 5.13. The lowest BCUT2D eigenvalue weighted by Gasteiger charge is -2.18. The Bertz CT molecular complexity index is 443. The van der Waals surface area contributed by atoms with Crippen LogP contribution in [0.5, 0.6) is 0 Å². The van der Waals surface area contributed by atoms with Crippen molar-refractivity contribution in [3.05, 3.63) is 42.2 Å². The average Bonchev–Trinajstić information content (AvgIpc) is 2.27. The van der Waals surface area contributed by atoms with E-state index in [0.717, 1.165) is 0 Å². The Hall–Kier alpha value is -2.17. The fourth-order valence-corrected chi connectivity index (χ4v) is 1.40. The van der Waals surface area contributed by atoms with Crippen LogP contribution >= 0.6 is 0 Å². The molecule has 0 radical (unpaired) electrons. The van der Waals surface area contributed by atoms with Crippen LogP contribution in [-0.4, -0.2) is 40.0 Å². The third-order valence-corrected chi connectivity index (χ3v) is 2.11. The van der Waals surface area contributed by atoms with Crippen molar-refractivity contribution in [2.24, 2.45) is 0 Å². The Kier molecular flexibility index (Phi) is 4.39. The molecule has 0 bridgehead atoms. The lowest BCUT2D eigenvalue weighted by Crippen LogP contribution is -2.35. The highest BCUT2D eigenvalue weighted by Crippen LogP contribution is 2.06. The van der Waals surface area contributed by atoms with Crippen molar-refractivity contribution in [3.63, 3.8) is 0 Å². The van der Waals surface area contributed by atoms with E-state index < -0.39 is 5.97 Å². The average molecular weight is 234 g/mol. The van der Waals surface area contributed by atoms with E-state index in [-0.39, 0.29) is 19.0 Å². The van der Waals surface area contributed by atoms with Crippen molar-refractivity contribution in [2.45, 2.75) is 6.92 Å². The molecule has 0 aromatic carbocycles. The number of amides is 1. The molecule has 0 aliphatic carbocycles. The van der Waals surface area contributed by atoms with Crippen LogP contribution in [0.2, 0.25) is 0 Å². The Labute approximate surface area is 99.4 Å². The maximum absolute atomic E-state index is 12.0. The Balaban J connectivity index is 2.90. The Morgan fingerprint density at radius 2 is 2.29 bits per heavy atom. The number of aryl methyl sites for hydroxylation is 1. The van der Waals surface area contributed by atoms with E-state index >= 15 is 0 Å². The van der Waals surface area contributed by atoms with Crippen molar-refractivity contribution in [1.82, 2.24) is 9.88 Å². The van der Waals surface area contributed by atoms with Crippen LogP contribution in [0.3, 0.4) is 0 Å². The number of hydrogen-bond donors (Lipinski definition) is 1. The molecular weight excluding hydrogens is 220 g/mol. The molecule has 5 nitrogen and oxygen atoms in total. The highest BCUT2D eigenvalue weighted by Gasteiger charge is 2.17. The van der Waals surface area contributed by atoms with E-state index in [2.05, 4.69) is 11.6 Å². The first kappa shape index (κ1) is 12.9. The number of aliphatic carboxylic acids is 1. The van der Waals surface area contributed by atoms with Gasteiger partial charge in [-0.1, -0.05) is 6.08 Å². The van der Waals surface area contributed by atoms with Gasteiger partial charge in [-0.05, 0) is 19.1 Å². The van der Waals surface area contributed by atoms with Crippen LogP contribution in [0, 0.1) is 6.92 Å². The van der Waals surface area contributed by atoms with Gasteiger partial charge in [-0.3, -0.25) is 14.6 Å². The van der Waals surface area contributed by atoms with E-state index in [1.54, 1.807) is 19.1 Å². The van der Waals surface area contributed by atoms with Gasteiger partial charge in [0.05, 0.1) is 0 Å². The molecule has 17 heavy (non-hydrogen) atoms. The summed E-state index contributed by atoms with van der Waals surface area (Å²) in [7, 11) is 0. The maximum atomic E-state index is 12.0. The molecule has 1 aromatic rings. The summed E-state index contributed by atoms with van der Waals surface area (Å²) in [5, 5.41) is 8.72. The van der Waals surface area contributed by atoms with E-state index in [9.17, 15) is 9.59 Å². The number of carboxylic acids is 1. The first-order valence-corrected chi connectivity index (χ1v) is 5.09. The van der Waals surface area contributed by atoms with Gasteiger partial charge in [0.2, 0.25) is 0 Å². The molecular formula is C12H14N2O3. The number of hydrogen-bond acceptors (Lipinski definition) is 3. The van der Waals surface area contributed by atoms with E-state index in [1.165, 1.54) is 17.2 Å². The fraction of sp³-hybridized carbons (Fsp3) is 0.250. The standard InChI is InChI=1S/C12H14N2O3/c1-3-6-14(8-11(15)16)12(17)10-4-5-13-9(2)7-10/h3-5,7H,1,6,8H2,2H3,(H,15,16). The van der Waals surface area contributed by atoms with Crippen LogP contribution in [-0.2, 0) is 4.79 Å². The minimum Gasteiger partial charge on any atom is -0.480 e. The summed E-state index contributed by atoms with van der Waals surface area (Å²) >= 11 is 0. The molecule has 0 saturated heterocycles. The minimum absolute atomic E-state index is 0.201. The van der Waals surface area contributed by atoms with Gasteiger partial charge in [0, 0.05) is 24.0 Å². The maximum Gasteiger partial charge on any atom is 0.323 e. The number of carboxylic acid groups (broad SMARTS) is 1. The number of rotatable bonds is 5. The minimum atomic E-state index is -1.05. The molecule has 0 unspecified atom stereocenters. The van der Waals surface area contributed by atoms with Crippen LogP contribution < -0.4 is 0 Å². The molecule has 0 atom stereocenters. The zero-order chi connectivity index (χ0) is 12.8. The van der Waals surface area contributed by atoms with Crippen LogP contribution in [0.15, 0.2) is 31.0 Å². The summed E-state index contributed by atoms with van der Waals surface area (Å²) < 4.78 is 0. The van der Waals surface area contributed by atoms with Crippen LogP contribution in [0.1, 0.15) is 16.1 Å². The molecule has 0 aliphatic heterocycles. The summed E-state index contributed by atoms with van der Waals surface area (Å²) in [6, 6.07) is 3.19. The lowest BCUT2D eigenvalue weighted by molar-refractivity contribution is -0.137. The first-order chi connectivity index (χ1) is 8.04. The van der Waals surface area contributed by atoms with E-state index in [4.69, 9.17) is 5.11 Å². The van der Waals surface area contributed by atoms with Crippen molar-refractivity contribution in [3.8, 4) is 0 Å². The number of nitrogens with zero attached hydrogens (tertiary/aromatic N) is 2. The second-order valence-corrected chi connectivity index (χ2v) is 3.55. The number of carbonyl (C=O) groups excluding carboxylic acids is 1. The molecule has 1 rings (SSSR count). The second kappa shape index (κ2) is 5.79. The summed E-state index contributed by atoms with van der Waals surface area (Å²) in [5.41, 5.74) is 1.14. The van der Waals surface area contributed by atoms with E-state index in [0.29, 0.717) is 11.3 Å². The Morgan fingerprint density at radius 1 is 1.59 bits per heavy atom. The molecule has 1 heterocycles. The quantitative estimate of drug-likeness (QED) is 0.774. The van der Waals surface area contributed by atoms with Gasteiger partial charge in [0.15, 0.2) is 0 Å². The van der Waals surface area contributed by atoms with Gasteiger partial charge in [0.25, 0.3) is 5.91 Å². The monoisotopic (exact) mass is 234 g/mol. The smallest absolute Gasteiger partial charge is 0.323 e. The van der Waals surface area contributed by atoms with Crippen LogP contribution in [0.25, 0.3) is 0 Å². The highest BCUT2D eigenvalue weighted by atomic mass is 16.4. The number of aromatic nitrogens is 1. The summed E-state index contributed by atoms with van der Waals surface area (Å²) in [4.78, 5) is 27.8. The van der Waals surface area contributed by atoms with Gasteiger partial charge >= 0.3 is 5.97 Å². The normalized spacial score (nSPS) is 9.71. The molecule has 90 valence electrons. The van der Waals surface area contributed by atoms with E-state index in [1.807, 2.05) is 0 Å². The largest absolute Gasteiger partial charge is 0.480 e. The molecule has 1 aromatic heterocycles. The zero-order valence-electron chi connectivity index (χ0n) is 9.59. The topological polar surface area (TPSA) is 70.5 Å². The second-order valence-electron chi connectivity index (χ2n) is 3.55. The third kappa shape index (κ3) is 3.71. The zero-order valence-corrected chi connectivity index (χ0v) is 9.59. The van der Waals surface area contributed by atoms with Gasteiger partial charge in [-0.2, -0.15) is 0 Å². The SMILES string of the molecule is C=CCN(CC(=O)O)C(=O)c1ccnc(C)c1.